The Morgan fingerprint density at radius 1 is 1.03 bits per heavy atom. The summed E-state index contributed by atoms with van der Waals surface area (Å²) < 4.78 is 5.92. The smallest absolute Gasteiger partial charge is 0.341 e. The van der Waals surface area contributed by atoms with Crippen LogP contribution in [0.25, 0.3) is 0 Å². The van der Waals surface area contributed by atoms with Gasteiger partial charge in [0.05, 0.1) is 4.47 Å². The molecule has 7 heteroatoms. The standard InChI is InChI=1S/C25H28BrNO5/c1-24(2)8-15-22(17(28)10-24)21(23-16(27-15)9-25(3,4)11-18(23)29)13-5-6-19(14(26)7-13)32-12-20(30)31/h5-7,21,27H,8-12H2,1-4H3,(H,30,31). The van der Waals surface area contributed by atoms with Gasteiger partial charge in [0.1, 0.15) is 5.75 Å². The summed E-state index contributed by atoms with van der Waals surface area (Å²) in [7, 11) is 0. The minimum atomic E-state index is -1.06. The van der Waals surface area contributed by atoms with Gasteiger partial charge in [0.2, 0.25) is 0 Å². The van der Waals surface area contributed by atoms with Gasteiger partial charge >= 0.3 is 5.97 Å². The van der Waals surface area contributed by atoms with Crippen LogP contribution in [0.3, 0.4) is 0 Å². The van der Waals surface area contributed by atoms with E-state index < -0.39 is 18.5 Å². The van der Waals surface area contributed by atoms with Crippen molar-refractivity contribution in [1.82, 2.24) is 5.32 Å². The molecular weight excluding hydrogens is 474 g/mol. The molecule has 0 atom stereocenters. The summed E-state index contributed by atoms with van der Waals surface area (Å²) in [5, 5.41) is 12.4. The average Bonchev–Trinajstić information content (AvgIpc) is 2.63. The van der Waals surface area contributed by atoms with Crippen molar-refractivity contribution in [1.29, 1.82) is 0 Å². The van der Waals surface area contributed by atoms with Gasteiger partial charge in [-0.2, -0.15) is 0 Å². The van der Waals surface area contributed by atoms with Crippen LogP contribution in [0.4, 0.5) is 0 Å². The van der Waals surface area contributed by atoms with Crippen molar-refractivity contribution in [3.05, 3.63) is 50.8 Å². The Balaban J connectivity index is 1.83. The number of ether oxygens (including phenoxy) is 1. The quantitative estimate of drug-likeness (QED) is 0.610. The van der Waals surface area contributed by atoms with Crippen molar-refractivity contribution in [2.75, 3.05) is 6.61 Å². The van der Waals surface area contributed by atoms with E-state index in [1.165, 1.54) is 0 Å². The Labute approximate surface area is 196 Å². The predicted octanol–water partition coefficient (Wildman–Crippen LogP) is 4.89. The average molecular weight is 502 g/mol. The van der Waals surface area contributed by atoms with Crippen LogP contribution in [-0.4, -0.2) is 29.2 Å². The number of aliphatic carboxylic acids is 1. The minimum Gasteiger partial charge on any atom is -0.481 e. The van der Waals surface area contributed by atoms with Crippen LogP contribution < -0.4 is 10.1 Å². The number of allylic oxidation sites excluding steroid dienone is 4. The van der Waals surface area contributed by atoms with E-state index in [1.54, 1.807) is 6.07 Å². The number of Topliss-reactive ketones (excluding diaryl/α,β-unsaturated/α-hetero) is 2. The van der Waals surface area contributed by atoms with E-state index in [0.29, 0.717) is 34.2 Å². The molecule has 3 aliphatic rings. The minimum absolute atomic E-state index is 0.0697. The first-order chi connectivity index (χ1) is 14.9. The van der Waals surface area contributed by atoms with Gasteiger partial charge in [0.25, 0.3) is 0 Å². The van der Waals surface area contributed by atoms with Crippen molar-refractivity contribution in [2.45, 2.75) is 59.3 Å². The molecule has 0 saturated carbocycles. The number of halogens is 1. The Morgan fingerprint density at radius 3 is 2.03 bits per heavy atom. The fourth-order valence-electron chi connectivity index (χ4n) is 5.18. The van der Waals surface area contributed by atoms with E-state index in [9.17, 15) is 14.4 Å². The first-order valence-electron chi connectivity index (χ1n) is 10.8. The van der Waals surface area contributed by atoms with E-state index in [2.05, 4.69) is 48.9 Å². The van der Waals surface area contributed by atoms with E-state index in [4.69, 9.17) is 9.84 Å². The summed E-state index contributed by atoms with van der Waals surface area (Å²) in [4.78, 5) is 37.5. The van der Waals surface area contributed by atoms with Gasteiger partial charge in [0, 0.05) is 41.3 Å². The molecular formula is C25H28BrNO5. The van der Waals surface area contributed by atoms with Crippen LogP contribution in [-0.2, 0) is 14.4 Å². The monoisotopic (exact) mass is 501 g/mol. The first-order valence-corrected chi connectivity index (χ1v) is 11.6. The number of rotatable bonds is 4. The zero-order valence-electron chi connectivity index (χ0n) is 18.8. The second kappa shape index (κ2) is 7.87. The highest BCUT2D eigenvalue weighted by atomic mass is 79.9. The summed E-state index contributed by atoms with van der Waals surface area (Å²) in [5.74, 6) is -0.950. The molecule has 4 rings (SSSR count). The third-order valence-electron chi connectivity index (χ3n) is 6.36. The van der Waals surface area contributed by atoms with Crippen LogP contribution in [0.2, 0.25) is 0 Å². The molecule has 0 saturated heterocycles. The van der Waals surface area contributed by atoms with Crippen LogP contribution in [0.5, 0.6) is 5.75 Å². The predicted molar refractivity (Wildman–Crippen MR) is 123 cm³/mol. The third-order valence-corrected chi connectivity index (χ3v) is 6.98. The second-order valence-electron chi connectivity index (χ2n) is 10.6. The molecule has 0 bridgehead atoms. The third kappa shape index (κ3) is 4.27. The second-order valence-corrected chi connectivity index (χ2v) is 11.5. The topological polar surface area (TPSA) is 92.7 Å². The van der Waals surface area contributed by atoms with Gasteiger partial charge in [-0.15, -0.1) is 0 Å². The van der Waals surface area contributed by atoms with Gasteiger partial charge in [-0.3, -0.25) is 9.59 Å². The fraction of sp³-hybridized carbons (Fsp3) is 0.480. The number of carboxylic acid groups (broad SMARTS) is 1. The zero-order valence-corrected chi connectivity index (χ0v) is 20.4. The van der Waals surface area contributed by atoms with E-state index >= 15 is 0 Å². The van der Waals surface area contributed by atoms with Gasteiger partial charge in [0.15, 0.2) is 18.2 Å². The van der Waals surface area contributed by atoms with Crippen molar-refractivity contribution >= 4 is 33.5 Å². The van der Waals surface area contributed by atoms with Gasteiger partial charge < -0.3 is 15.2 Å². The van der Waals surface area contributed by atoms with Gasteiger partial charge in [-0.25, -0.2) is 4.79 Å². The molecule has 0 radical (unpaired) electrons. The van der Waals surface area contributed by atoms with Crippen LogP contribution in [0.1, 0.15) is 64.9 Å². The highest BCUT2D eigenvalue weighted by Crippen LogP contribution is 2.51. The molecule has 2 aliphatic carbocycles. The number of benzene rings is 1. The molecule has 1 aromatic rings. The largest absolute Gasteiger partial charge is 0.481 e. The normalized spacial score (nSPS) is 22.3. The van der Waals surface area contributed by atoms with Crippen LogP contribution >= 0.6 is 15.9 Å². The molecule has 0 spiro atoms. The lowest BCUT2D eigenvalue weighted by Gasteiger charge is -2.44. The maximum Gasteiger partial charge on any atom is 0.341 e. The lowest BCUT2D eigenvalue weighted by molar-refractivity contribution is -0.139. The zero-order chi connectivity index (χ0) is 23.4. The molecule has 0 aromatic heterocycles. The molecule has 2 N–H and O–H groups in total. The van der Waals surface area contributed by atoms with E-state index in [-0.39, 0.29) is 22.4 Å². The molecule has 1 aliphatic heterocycles. The summed E-state index contributed by atoms with van der Waals surface area (Å²) in [6.07, 6.45) is 2.37. The Kier molecular flexibility index (Phi) is 5.60. The summed E-state index contributed by atoms with van der Waals surface area (Å²) in [6, 6.07) is 5.36. The number of hydrogen-bond donors (Lipinski definition) is 2. The molecule has 170 valence electrons. The molecule has 0 fully saturated rings. The van der Waals surface area contributed by atoms with Crippen molar-refractivity contribution in [3.63, 3.8) is 0 Å². The number of nitrogens with one attached hydrogen (secondary N) is 1. The maximum atomic E-state index is 13.3. The molecule has 0 unspecified atom stereocenters. The van der Waals surface area contributed by atoms with Crippen molar-refractivity contribution < 1.29 is 24.2 Å². The molecule has 1 heterocycles. The summed E-state index contributed by atoms with van der Waals surface area (Å²) in [5.41, 5.74) is 3.74. The Bertz CT molecular complexity index is 1040. The fourth-order valence-corrected chi connectivity index (χ4v) is 5.69. The van der Waals surface area contributed by atoms with Crippen LogP contribution in [0, 0.1) is 10.8 Å². The summed E-state index contributed by atoms with van der Waals surface area (Å²) >= 11 is 3.47. The Morgan fingerprint density at radius 2 is 1.56 bits per heavy atom. The highest BCUT2D eigenvalue weighted by Gasteiger charge is 2.46. The Hall–Kier alpha value is -2.41. The first kappa shape index (κ1) is 22.8. The molecule has 6 nitrogen and oxygen atoms in total. The number of hydrogen-bond acceptors (Lipinski definition) is 5. The van der Waals surface area contributed by atoms with Crippen molar-refractivity contribution in [2.24, 2.45) is 10.8 Å². The number of carbonyl (C=O) groups is 3. The van der Waals surface area contributed by atoms with E-state index in [1.807, 2.05) is 12.1 Å². The molecule has 1 aromatic carbocycles. The number of carbonyl (C=O) groups excluding carboxylic acids is 2. The van der Waals surface area contributed by atoms with Gasteiger partial charge in [-0.1, -0.05) is 33.8 Å². The lowest BCUT2D eigenvalue weighted by Crippen LogP contribution is -2.42. The highest BCUT2D eigenvalue weighted by molar-refractivity contribution is 9.10. The number of carboxylic acids is 1. The number of ketones is 2. The van der Waals surface area contributed by atoms with E-state index in [0.717, 1.165) is 29.8 Å². The lowest BCUT2D eigenvalue weighted by atomic mass is 9.64. The molecule has 0 amide bonds. The van der Waals surface area contributed by atoms with Crippen LogP contribution in [0.15, 0.2) is 45.2 Å². The molecule has 32 heavy (non-hydrogen) atoms. The SMILES string of the molecule is CC1(C)CC(=O)C2=C(C1)NC1=C(C(=O)CC(C)(C)C1)C2c1ccc(OCC(=O)O)c(Br)c1. The van der Waals surface area contributed by atoms with Crippen molar-refractivity contribution in [3.8, 4) is 5.75 Å². The summed E-state index contributed by atoms with van der Waals surface area (Å²) in [6.45, 7) is 7.93. The maximum absolute atomic E-state index is 13.3. The number of dihydropyridines is 1. The van der Waals surface area contributed by atoms with Gasteiger partial charge in [-0.05, 0) is 57.3 Å².